The van der Waals surface area contributed by atoms with Gasteiger partial charge in [-0.05, 0) is 73.9 Å². The van der Waals surface area contributed by atoms with Crippen LogP contribution in [0.5, 0.6) is 5.75 Å². The average Bonchev–Trinajstić information content (AvgIpc) is 2.90. The minimum absolute atomic E-state index is 0.0848. The number of phenols is 1. The molecule has 2 aliphatic heterocycles. The number of piperidine rings is 2. The van der Waals surface area contributed by atoms with Gasteiger partial charge in [-0.1, -0.05) is 35.9 Å². The van der Waals surface area contributed by atoms with Crippen molar-refractivity contribution in [2.75, 3.05) is 32.8 Å². The summed E-state index contributed by atoms with van der Waals surface area (Å²) in [6.45, 7) is 3.53. The van der Waals surface area contributed by atoms with Gasteiger partial charge in [0.2, 0.25) is 0 Å². The summed E-state index contributed by atoms with van der Waals surface area (Å²) in [5.41, 5.74) is 2.67. The van der Waals surface area contributed by atoms with E-state index in [1.165, 1.54) is 0 Å². The smallest absolute Gasteiger partial charge is 0.254 e. The van der Waals surface area contributed by atoms with E-state index in [2.05, 4.69) is 9.88 Å². The van der Waals surface area contributed by atoms with Crippen molar-refractivity contribution in [1.82, 2.24) is 14.8 Å². The zero-order chi connectivity index (χ0) is 24.4. The first kappa shape index (κ1) is 24.0. The van der Waals surface area contributed by atoms with Crippen LogP contribution in [0.3, 0.4) is 0 Å². The fourth-order valence-corrected chi connectivity index (χ4v) is 5.99. The molecule has 0 radical (unpaired) electrons. The zero-order valence-electron chi connectivity index (χ0n) is 19.8. The van der Waals surface area contributed by atoms with Gasteiger partial charge >= 0.3 is 0 Å². The van der Waals surface area contributed by atoms with Crippen molar-refractivity contribution in [3.63, 3.8) is 0 Å². The van der Waals surface area contributed by atoms with Crippen LogP contribution >= 0.6 is 11.6 Å². The van der Waals surface area contributed by atoms with E-state index in [0.717, 1.165) is 73.9 Å². The number of phenolic OH excluding ortho intramolecular Hbond substituents is 1. The predicted molar refractivity (Wildman–Crippen MR) is 138 cm³/mol. The number of carbonyl (C=O) groups is 1. The lowest BCUT2D eigenvalue weighted by molar-refractivity contribution is 0.0242. The van der Waals surface area contributed by atoms with Crippen molar-refractivity contribution in [3.05, 3.63) is 70.9 Å². The molecule has 2 aromatic carbocycles. The lowest BCUT2D eigenvalue weighted by Crippen LogP contribution is -2.52. The molecule has 1 amide bonds. The van der Waals surface area contributed by atoms with Crippen molar-refractivity contribution in [2.45, 2.75) is 31.7 Å². The lowest BCUT2D eigenvalue weighted by atomic mass is 9.80. The Labute approximate surface area is 211 Å². The van der Waals surface area contributed by atoms with E-state index in [1.54, 1.807) is 12.3 Å². The third-order valence-electron chi connectivity index (χ3n) is 7.81. The third-order valence-corrected chi connectivity index (χ3v) is 8.12. The van der Waals surface area contributed by atoms with Crippen LogP contribution in [0.25, 0.3) is 10.9 Å². The number of para-hydroxylation sites is 1. The number of rotatable bonds is 5. The fourth-order valence-electron chi connectivity index (χ4n) is 5.78. The first-order chi connectivity index (χ1) is 17.0. The summed E-state index contributed by atoms with van der Waals surface area (Å²) in [6.07, 6.45) is 5.49. The van der Waals surface area contributed by atoms with Crippen molar-refractivity contribution >= 4 is 28.4 Å². The molecule has 2 aliphatic rings. The van der Waals surface area contributed by atoms with E-state index in [4.69, 9.17) is 11.6 Å². The second-order valence-electron chi connectivity index (χ2n) is 9.88. The summed E-state index contributed by atoms with van der Waals surface area (Å²) in [7, 11) is 0. The summed E-state index contributed by atoms with van der Waals surface area (Å²) in [6, 6.07) is 15.5. The van der Waals surface area contributed by atoms with Gasteiger partial charge in [-0.25, -0.2) is 0 Å². The molecule has 0 spiro atoms. The highest BCUT2D eigenvalue weighted by Gasteiger charge is 2.34. The Morgan fingerprint density at radius 3 is 2.60 bits per heavy atom. The largest absolute Gasteiger partial charge is 0.506 e. The van der Waals surface area contributed by atoms with Gasteiger partial charge < -0.3 is 15.1 Å². The quantitative estimate of drug-likeness (QED) is 0.552. The van der Waals surface area contributed by atoms with Gasteiger partial charge in [0.15, 0.2) is 0 Å². The van der Waals surface area contributed by atoms with Crippen molar-refractivity contribution in [1.29, 1.82) is 0 Å². The van der Waals surface area contributed by atoms with Gasteiger partial charge in [-0.2, -0.15) is 0 Å². The number of nitrogens with zero attached hydrogens (tertiary/aromatic N) is 3. The number of hydrogen-bond acceptors (Lipinski definition) is 5. The van der Waals surface area contributed by atoms with Gasteiger partial charge in [0.1, 0.15) is 5.75 Å². The summed E-state index contributed by atoms with van der Waals surface area (Å²) in [4.78, 5) is 22.2. The number of pyridine rings is 1. The number of fused-ring (bicyclic) bond motifs is 1. The molecule has 2 N–H and O–H groups in total. The molecular weight excluding hydrogens is 462 g/mol. The first-order valence-electron chi connectivity index (χ1n) is 12.5. The van der Waals surface area contributed by atoms with Gasteiger partial charge in [-0.15, -0.1) is 0 Å². The molecule has 2 atom stereocenters. The number of hydrogen-bond donors (Lipinski definition) is 2. The van der Waals surface area contributed by atoms with Crippen LogP contribution in [0, 0.1) is 11.8 Å². The summed E-state index contributed by atoms with van der Waals surface area (Å²) < 4.78 is 0. The Kier molecular flexibility index (Phi) is 7.23. The van der Waals surface area contributed by atoms with Crippen LogP contribution in [0.15, 0.2) is 54.7 Å². The van der Waals surface area contributed by atoms with E-state index >= 15 is 0 Å². The van der Waals surface area contributed by atoms with E-state index in [-0.39, 0.29) is 24.2 Å². The molecule has 1 unspecified atom stereocenters. The summed E-state index contributed by atoms with van der Waals surface area (Å²) >= 11 is 6.09. The van der Waals surface area contributed by atoms with Crippen LogP contribution in [-0.4, -0.2) is 69.7 Å². The van der Waals surface area contributed by atoms with Crippen LogP contribution in [-0.2, 0) is 6.42 Å². The molecule has 0 saturated carbocycles. The molecule has 1 aromatic heterocycles. The number of aliphatic hydroxyl groups is 1. The summed E-state index contributed by atoms with van der Waals surface area (Å²) in [5, 5.41) is 21.1. The SMILES string of the molecule is O=C(c1ccnc2ccccc12)N1CCC(N2CCC(Cc3ccc(O)c(Cl)c3)[C@H](CO)C2)CC1. The number of amides is 1. The molecule has 3 heterocycles. The molecular formula is C28H32ClN3O3. The minimum atomic E-state index is 0.0848. The van der Waals surface area contributed by atoms with Gasteiger partial charge in [-0.3, -0.25) is 14.7 Å². The topological polar surface area (TPSA) is 76.9 Å². The van der Waals surface area contributed by atoms with Crippen molar-refractivity contribution < 1.29 is 15.0 Å². The molecule has 2 fully saturated rings. The van der Waals surface area contributed by atoms with Crippen molar-refractivity contribution in [3.8, 4) is 5.75 Å². The standard InChI is InChI=1S/C28H32ClN3O3/c29-25-16-19(5-6-27(25)34)15-20-8-12-32(17-21(20)18-33)22-9-13-31(14-10-22)28(35)24-7-11-30-26-4-2-1-3-23(24)26/h1-7,11,16,20-22,33-34H,8-10,12-15,17-18H2/t20?,21-/m0/s1. The van der Waals surface area contributed by atoms with Crippen LogP contribution in [0.4, 0.5) is 0 Å². The second kappa shape index (κ2) is 10.5. The Bertz CT molecular complexity index is 1190. The van der Waals surface area contributed by atoms with E-state index in [0.29, 0.717) is 17.0 Å². The molecule has 0 aliphatic carbocycles. The molecule has 184 valence electrons. The van der Waals surface area contributed by atoms with Crippen molar-refractivity contribution in [2.24, 2.45) is 11.8 Å². The molecule has 6 nitrogen and oxygen atoms in total. The van der Waals surface area contributed by atoms with Gasteiger partial charge in [0, 0.05) is 43.9 Å². The number of likely N-dealkylation sites (tertiary alicyclic amines) is 2. The highest BCUT2D eigenvalue weighted by Crippen LogP contribution is 2.32. The van der Waals surface area contributed by atoms with E-state index < -0.39 is 0 Å². The van der Waals surface area contributed by atoms with Crippen LogP contribution in [0.2, 0.25) is 5.02 Å². The van der Waals surface area contributed by atoms with Crippen LogP contribution < -0.4 is 0 Å². The number of aromatic hydroxyl groups is 1. The molecule has 7 heteroatoms. The monoisotopic (exact) mass is 493 g/mol. The second-order valence-corrected chi connectivity index (χ2v) is 10.3. The molecule has 35 heavy (non-hydrogen) atoms. The maximum absolute atomic E-state index is 13.3. The maximum atomic E-state index is 13.3. The fraction of sp³-hybridized carbons (Fsp3) is 0.429. The zero-order valence-corrected chi connectivity index (χ0v) is 20.6. The normalized spacial score (nSPS) is 21.9. The average molecular weight is 494 g/mol. The Balaban J connectivity index is 1.18. The molecule has 3 aromatic rings. The number of halogens is 1. The maximum Gasteiger partial charge on any atom is 0.254 e. The number of aliphatic hydroxyl groups excluding tert-OH is 1. The van der Waals surface area contributed by atoms with E-state index in [1.807, 2.05) is 47.4 Å². The molecule has 0 bridgehead atoms. The van der Waals surface area contributed by atoms with Gasteiger partial charge in [0.25, 0.3) is 5.91 Å². The summed E-state index contributed by atoms with van der Waals surface area (Å²) in [5.74, 6) is 0.783. The Morgan fingerprint density at radius 1 is 1.03 bits per heavy atom. The predicted octanol–water partition coefficient (Wildman–Crippen LogP) is 4.37. The first-order valence-corrected chi connectivity index (χ1v) is 12.9. The lowest BCUT2D eigenvalue weighted by Gasteiger charge is -2.44. The number of carbonyl (C=O) groups excluding carboxylic acids is 1. The highest BCUT2D eigenvalue weighted by molar-refractivity contribution is 6.32. The minimum Gasteiger partial charge on any atom is -0.506 e. The molecule has 2 saturated heterocycles. The Hall–Kier alpha value is -2.67. The van der Waals surface area contributed by atoms with Crippen LogP contribution in [0.1, 0.15) is 35.2 Å². The Morgan fingerprint density at radius 2 is 1.83 bits per heavy atom. The highest BCUT2D eigenvalue weighted by atomic mass is 35.5. The van der Waals surface area contributed by atoms with E-state index in [9.17, 15) is 15.0 Å². The number of benzene rings is 2. The molecule has 5 rings (SSSR count). The number of aromatic nitrogens is 1. The third kappa shape index (κ3) is 5.15. The van der Waals surface area contributed by atoms with Gasteiger partial charge in [0.05, 0.1) is 16.1 Å².